The number of hydrogen-bond acceptors (Lipinski definition) is 1. The third-order valence-electron chi connectivity index (χ3n) is 2.37. The molecule has 0 amide bonds. The van der Waals surface area contributed by atoms with E-state index in [0.717, 1.165) is 25.7 Å². The molecule has 1 aromatic rings. The highest BCUT2D eigenvalue weighted by Gasteiger charge is 1.88. The fraction of sp³-hybridized carbons (Fsp3) is 0.267. The van der Waals surface area contributed by atoms with E-state index >= 15 is 0 Å². The lowest BCUT2D eigenvalue weighted by atomic mass is 10.1. The van der Waals surface area contributed by atoms with Crippen molar-refractivity contribution in [3.05, 3.63) is 60.2 Å². The third-order valence-corrected chi connectivity index (χ3v) is 2.37. The highest BCUT2D eigenvalue weighted by molar-refractivity contribution is 5.79. The Labute approximate surface area is 102 Å². The number of carboxylic acids is 1. The van der Waals surface area contributed by atoms with Crippen molar-refractivity contribution in [1.29, 1.82) is 0 Å². The molecule has 0 atom stereocenters. The van der Waals surface area contributed by atoms with Crippen molar-refractivity contribution < 1.29 is 9.90 Å². The predicted molar refractivity (Wildman–Crippen MR) is 69.9 cm³/mol. The maximum absolute atomic E-state index is 10.2. The number of unbranched alkanes of at least 4 members (excludes halogenated alkanes) is 1. The van der Waals surface area contributed by atoms with Gasteiger partial charge in [0.1, 0.15) is 0 Å². The van der Waals surface area contributed by atoms with Crippen LogP contribution in [-0.2, 0) is 11.2 Å². The second-order valence-corrected chi connectivity index (χ2v) is 3.81. The van der Waals surface area contributed by atoms with E-state index in [1.165, 1.54) is 11.6 Å². The Morgan fingerprint density at radius 2 is 1.65 bits per heavy atom. The van der Waals surface area contributed by atoms with Crippen molar-refractivity contribution in [2.24, 2.45) is 0 Å². The minimum Gasteiger partial charge on any atom is -0.478 e. The second kappa shape index (κ2) is 8.34. The zero-order chi connectivity index (χ0) is 12.3. The molecule has 2 heteroatoms. The molecule has 1 rings (SSSR count). The molecule has 0 saturated heterocycles. The van der Waals surface area contributed by atoms with Gasteiger partial charge in [-0.2, -0.15) is 0 Å². The standard InChI is InChI=1S/C15H18O2/c16-15(17)13-9-4-2-1-3-6-10-14-11-7-5-8-12-14/h1,3,5,7-9,11-13H,2,4,6,10H2,(H,16,17)/b3-1+,13-9+. The van der Waals surface area contributed by atoms with Gasteiger partial charge >= 0.3 is 5.97 Å². The van der Waals surface area contributed by atoms with Crippen LogP contribution < -0.4 is 0 Å². The molecule has 0 fully saturated rings. The quantitative estimate of drug-likeness (QED) is 0.441. The summed E-state index contributed by atoms with van der Waals surface area (Å²) in [5.74, 6) is -0.877. The van der Waals surface area contributed by atoms with Crippen molar-refractivity contribution in [1.82, 2.24) is 0 Å². The van der Waals surface area contributed by atoms with Crippen molar-refractivity contribution >= 4 is 5.97 Å². The average Bonchev–Trinajstić information content (AvgIpc) is 2.33. The van der Waals surface area contributed by atoms with Crippen LogP contribution in [0.2, 0.25) is 0 Å². The van der Waals surface area contributed by atoms with E-state index in [2.05, 4.69) is 36.4 Å². The van der Waals surface area contributed by atoms with Crippen LogP contribution in [0.5, 0.6) is 0 Å². The second-order valence-electron chi connectivity index (χ2n) is 3.81. The first-order valence-electron chi connectivity index (χ1n) is 5.87. The molecule has 17 heavy (non-hydrogen) atoms. The fourth-order valence-electron chi connectivity index (χ4n) is 1.51. The predicted octanol–water partition coefficient (Wildman–Crippen LogP) is 3.60. The summed E-state index contributed by atoms with van der Waals surface area (Å²) in [5.41, 5.74) is 1.35. The van der Waals surface area contributed by atoms with Crippen LogP contribution in [0.1, 0.15) is 24.8 Å². The summed E-state index contributed by atoms with van der Waals surface area (Å²) in [5, 5.41) is 8.38. The maximum Gasteiger partial charge on any atom is 0.327 e. The first kappa shape index (κ1) is 13.2. The highest BCUT2D eigenvalue weighted by Crippen LogP contribution is 2.03. The summed E-state index contributed by atoms with van der Waals surface area (Å²) >= 11 is 0. The summed E-state index contributed by atoms with van der Waals surface area (Å²) < 4.78 is 0. The molecule has 1 N–H and O–H groups in total. The van der Waals surface area contributed by atoms with Gasteiger partial charge in [0.05, 0.1) is 0 Å². The van der Waals surface area contributed by atoms with Gasteiger partial charge in [-0.25, -0.2) is 4.79 Å². The van der Waals surface area contributed by atoms with Crippen molar-refractivity contribution in [3.63, 3.8) is 0 Å². The monoisotopic (exact) mass is 230 g/mol. The van der Waals surface area contributed by atoms with Crippen LogP contribution in [0.25, 0.3) is 0 Å². The molecule has 0 aliphatic rings. The van der Waals surface area contributed by atoms with Crippen molar-refractivity contribution in [2.45, 2.75) is 25.7 Å². The Kier molecular flexibility index (Phi) is 6.49. The van der Waals surface area contributed by atoms with Gasteiger partial charge < -0.3 is 5.11 Å². The van der Waals surface area contributed by atoms with E-state index in [1.807, 2.05) is 6.07 Å². The normalized spacial score (nSPS) is 11.3. The van der Waals surface area contributed by atoms with Crippen molar-refractivity contribution in [2.75, 3.05) is 0 Å². The number of benzene rings is 1. The minimum absolute atomic E-state index is 0.786. The van der Waals surface area contributed by atoms with E-state index in [-0.39, 0.29) is 0 Å². The summed E-state index contributed by atoms with van der Waals surface area (Å²) in [4.78, 5) is 10.2. The molecule has 2 nitrogen and oxygen atoms in total. The first-order chi connectivity index (χ1) is 8.29. The van der Waals surface area contributed by atoms with Crippen LogP contribution in [0.3, 0.4) is 0 Å². The SMILES string of the molecule is O=C(O)/C=C/CC/C=C/CCc1ccccc1. The number of aryl methyl sites for hydroxylation is 1. The highest BCUT2D eigenvalue weighted by atomic mass is 16.4. The van der Waals surface area contributed by atoms with Crippen LogP contribution in [0.15, 0.2) is 54.6 Å². The Balaban J connectivity index is 2.09. The van der Waals surface area contributed by atoms with Crippen LogP contribution in [0.4, 0.5) is 0 Å². The zero-order valence-electron chi connectivity index (χ0n) is 9.88. The topological polar surface area (TPSA) is 37.3 Å². The lowest BCUT2D eigenvalue weighted by molar-refractivity contribution is -0.131. The molecule has 0 aliphatic heterocycles. The van der Waals surface area contributed by atoms with Crippen molar-refractivity contribution in [3.8, 4) is 0 Å². The van der Waals surface area contributed by atoms with E-state index in [4.69, 9.17) is 5.11 Å². The van der Waals surface area contributed by atoms with E-state index in [9.17, 15) is 4.79 Å². The number of aliphatic carboxylic acids is 1. The summed E-state index contributed by atoms with van der Waals surface area (Å²) in [7, 11) is 0. The number of carboxylic acid groups (broad SMARTS) is 1. The van der Waals surface area contributed by atoms with E-state index in [0.29, 0.717) is 0 Å². The largest absolute Gasteiger partial charge is 0.478 e. The number of allylic oxidation sites excluding steroid dienone is 3. The zero-order valence-corrected chi connectivity index (χ0v) is 9.88. The van der Waals surface area contributed by atoms with Gasteiger partial charge in [-0.05, 0) is 31.2 Å². The van der Waals surface area contributed by atoms with Gasteiger partial charge in [0.25, 0.3) is 0 Å². The van der Waals surface area contributed by atoms with Gasteiger partial charge in [-0.15, -0.1) is 0 Å². The lowest BCUT2D eigenvalue weighted by Gasteiger charge is -1.96. The van der Waals surface area contributed by atoms with Gasteiger partial charge in [0, 0.05) is 6.08 Å². The molecule has 0 bridgehead atoms. The Hall–Kier alpha value is -1.83. The Bertz CT molecular complexity index is 377. The Morgan fingerprint density at radius 3 is 2.35 bits per heavy atom. The molecular weight excluding hydrogens is 212 g/mol. The number of hydrogen-bond donors (Lipinski definition) is 1. The van der Waals surface area contributed by atoms with Gasteiger partial charge in [-0.1, -0.05) is 48.6 Å². The summed E-state index contributed by atoms with van der Waals surface area (Å²) in [6.45, 7) is 0. The molecule has 0 spiro atoms. The third kappa shape index (κ3) is 7.12. The summed E-state index contributed by atoms with van der Waals surface area (Å²) in [6, 6.07) is 10.4. The fourth-order valence-corrected chi connectivity index (χ4v) is 1.51. The average molecular weight is 230 g/mol. The molecule has 0 aromatic heterocycles. The van der Waals surface area contributed by atoms with Crippen LogP contribution >= 0.6 is 0 Å². The van der Waals surface area contributed by atoms with E-state index < -0.39 is 5.97 Å². The molecule has 1 aromatic carbocycles. The first-order valence-corrected chi connectivity index (χ1v) is 5.87. The van der Waals surface area contributed by atoms with E-state index in [1.54, 1.807) is 6.08 Å². The lowest BCUT2D eigenvalue weighted by Crippen LogP contribution is -1.85. The molecule has 90 valence electrons. The van der Waals surface area contributed by atoms with Crippen LogP contribution in [0, 0.1) is 0 Å². The van der Waals surface area contributed by atoms with Crippen LogP contribution in [-0.4, -0.2) is 11.1 Å². The smallest absolute Gasteiger partial charge is 0.327 e. The van der Waals surface area contributed by atoms with Gasteiger partial charge in [-0.3, -0.25) is 0 Å². The van der Waals surface area contributed by atoms with Gasteiger partial charge in [0.2, 0.25) is 0 Å². The number of rotatable bonds is 7. The molecular formula is C15H18O2. The molecule has 0 heterocycles. The summed E-state index contributed by atoms with van der Waals surface area (Å²) in [6.07, 6.45) is 10.9. The minimum atomic E-state index is -0.877. The molecule has 0 unspecified atom stereocenters. The molecule has 0 saturated carbocycles. The maximum atomic E-state index is 10.2. The molecule has 0 aliphatic carbocycles. The Morgan fingerprint density at radius 1 is 1.00 bits per heavy atom. The molecule has 0 radical (unpaired) electrons. The van der Waals surface area contributed by atoms with Gasteiger partial charge in [0.15, 0.2) is 0 Å². The number of carbonyl (C=O) groups is 1.